The van der Waals surface area contributed by atoms with E-state index in [4.69, 9.17) is 9.84 Å². The number of hydrogen-bond donors (Lipinski definition) is 1. The lowest BCUT2D eigenvalue weighted by Gasteiger charge is -2.13. The Balaban J connectivity index is 2.08. The molecule has 1 N–H and O–H groups in total. The monoisotopic (exact) mass is 277 g/mol. The van der Waals surface area contributed by atoms with Gasteiger partial charge in [0.1, 0.15) is 12.4 Å². The maximum atomic E-state index is 11.0. The number of aromatic carboxylic acids is 1. The molecule has 0 amide bonds. The minimum absolute atomic E-state index is 0.240. The molecule has 2 aromatic rings. The third kappa shape index (κ3) is 3.26. The molecule has 0 saturated heterocycles. The fraction of sp³-hybridized carbons (Fsp3) is 0.214. The molecule has 0 fully saturated rings. The predicted molar refractivity (Wildman–Crippen MR) is 76.4 cm³/mol. The summed E-state index contributed by atoms with van der Waals surface area (Å²) in [5, 5.41) is 10.7. The molecule has 0 spiro atoms. The highest BCUT2D eigenvalue weighted by molar-refractivity contribution is 7.12. The second-order valence-electron chi connectivity index (χ2n) is 4.27. The van der Waals surface area contributed by atoms with Crippen molar-refractivity contribution in [3.63, 3.8) is 0 Å². The molecule has 0 radical (unpaired) electrons. The van der Waals surface area contributed by atoms with E-state index < -0.39 is 5.97 Å². The number of benzene rings is 1. The number of anilines is 1. The molecule has 0 aliphatic carbocycles. The van der Waals surface area contributed by atoms with Gasteiger partial charge in [0.2, 0.25) is 0 Å². The van der Waals surface area contributed by atoms with Crippen molar-refractivity contribution in [2.24, 2.45) is 0 Å². The minimum Gasteiger partial charge on any atom is -0.487 e. The Morgan fingerprint density at radius 3 is 2.84 bits per heavy atom. The Kier molecular flexibility index (Phi) is 4.06. The van der Waals surface area contributed by atoms with Crippen LogP contribution in [-0.4, -0.2) is 25.2 Å². The fourth-order valence-electron chi connectivity index (χ4n) is 1.65. The Labute approximate surface area is 115 Å². The van der Waals surface area contributed by atoms with Gasteiger partial charge in [0.25, 0.3) is 0 Å². The van der Waals surface area contributed by atoms with Crippen molar-refractivity contribution < 1.29 is 14.6 Å². The van der Waals surface area contributed by atoms with Crippen LogP contribution in [0.1, 0.15) is 15.2 Å². The molecule has 1 aromatic carbocycles. The van der Waals surface area contributed by atoms with Crippen LogP contribution in [0.15, 0.2) is 35.7 Å². The summed E-state index contributed by atoms with van der Waals surface area (Å²) < 4.78 is 5.57. The summed E-state index contributed by atoms with van der Waals surface area (Å²) in [6.07, 6.45) is 0. The van der Waals surface area contributed by atoms with Gasteiger partial charge >= 0.3 is 5.97 Å². The third-order valence-electron chi connectivity index (χ3n) is 2.64. The van der Waals surface area contributed by atoms with E-state index in [0.29, 0.717) is 12.4 Å². The first kappa shape index (κ1) is 13.4. The topological polar surface area (TPSA) is 49.8 Å². The average Bonchev–Trinajstić information content (AvgIpc) is 2.85. The van der Waals surface area contributed by atoms with Crippen molar-refractivity contribution in [1.29, 1.82) is 0 Å². The molecular weight excluding hydrogens is 262 g/mol. The van der Waals surface area contributed by atoms with Gasteiger partial charge in [-0.25, -0.2) is 4.79 Å². The molecule has 0 bridgehead atoms. The number of nitrogens with zero attached hydrogens (tertiary/aromatic N) is 1. The summed E-state index contributed by atoms with van der Waals surface area (Å²) in [5.74, 6) is -0.528. The number of hydrogen-bond acceptors (Lipinski definition) is 4. The predicted octanol–water partition coefficient (Wildman–Crippen LogP) is 3.09. The van der Waals surface area contributed by atoms with Gasteiger partial charge in [-0.05, 0) is 29.1 Å². The van der Waals surface area contributed by atoms with Gasteiger partial charge in [-0.1, -0.05) is 12.1 Å². The first-order valence-electron chi connectivity index (χ1n) is 5.78. The molecule has 19 heavy (non-hydrogen) atoms. The highest BCUT2D eigenvalue weighted by Gasteiger charge is 2.12. The minimum atomic E-state index is -0.952. The highest BCUT2D eigenvalue weighted by Crippen LogP contribution is 2.26. The van der Waals surface area contributed by atoms with Crippen LogP contribution in [0.4, 0.5) is 5.69 Å². The van der Waals surface area contributed by atoms with Gasteiger partial charge in [-0.2, -0.15) is 0 Å². The van der Waals surface area contributed by atoms with Crippen molar-refractivity contribution in [2.45, 2.75) is 6.61 Å². The van der Waals surface area contributed by atoms with E-state index in [1.54, 1.807) is 11.4 Å². The molecule has 0 aliphatic heterocycles. The van der Waals surface area contributed by atoms with Crippen LogP contribution in [0.25, 0.3) is 0 Å². The van der Waals surface area contributed by atoms with Crippen LogP contribution in [0.5, 0.6) is 5.75 Å². The molecule has 0 aliphatic rings. The second-order valence-corrected chi connectivity index (χ2v) is 5.19. The zero-order chi connectivity index (χ0) is 13.8. The number of carboxylic acids is 1. The van der Waals surface area contributed by atoms with Crippen LogP contribution in [-0.2, 0) is 6.61 Å². The summed E-state index contributed by atoms with van der Waals surface area (Å²) in [6, 6.07) is 9.63. The Morgan fingerprint density at radius 2 is 2.16 bits per heavy atom. The molecular formula is C14H15NO3S. The quantitative estimate of drug-likeness (QED) is 0.912. The van der Waals surface area contributed by atoms with Crippen LogP contribution in [0.3, 0.4) is 0 Å². The molecule has 0 atom stereocenters. The number of carboxylic acid groups (broad SMARTS) is 1. The lowest BCUT2D eigenvalue weighted by atomic mass is 10.2. The summed E-state index contributed by atoms with van der Waals surface area (Å²) >= 11 is 1.17. The fourth-order valence-corrected chi connectivity index (χ4v) is 2.32. The summed E-state index contributed by atoms with van der Waals surface area (Å²) in [7, 11) is 3.95. The van der Waals surface area contributed by atoms with Crippen LogP contribution < -0.4 is 9.64 Å². The lowest BCUT2D eigenvalue weighted by Crippen LogP contribution is -2.09. The van der Waals surface area contributed by atoms with E-state index in [2.05, 4.69) is 0 Å². The van der Waals surface area contributed by atoms with Gasteiger partial charge in [-0.3, -0.25) is 0 Å². The second kappa shape index (κ2) is 5.75. The molecule has 4 nitrogen and oxygen atoms in total. The zero-order valence-electron chi connectivity index (χ0n) is 10.8. The molecule has 2 rings (SSSR count). The lowest BCUT2D eigenvalue weighted by molar-refractivity contribution is 0.0697. The Hall–Kier alpha value is -2.01. The maximum Gasteiger partial charge on any atom is 0.349 e. The first-order chi connectivity index (χ1) is 9.08. The molecule has 100 valence electrons. The van der Waals surface area contributed by atoms with Crippen molar-refractivity contribution in [1.82, 2.24) is 0 Å². The van der Waals surface area contributed by atoms with Crippen LogP contribution >= 0.6 is 11.3 Å². The summed E-state index contributed by atoms with van der Waals surface area (Å²) in [5.41, 5.74) is 2.10. The van der Waals surface area contributed by atoms with Crippen LogP contribution in [0.2, 0.25) is 0 Å². The molecule has 0 unspecified atom stereocenters. The van der Waals surface area contributed by atoms with E-state index in [9.17, 15) is 4.79 Å². The third-order valence-corrected chi connectivity index (χ3v) is 3.53. The van der Waals surface area contributed by atoms with E-state index in [-0.39, 0.29) is 4.88 Å². The van der Waals surface area contributed by atoms with E-state index in [1.165, 1.54) is 11.3 Å². The van der Waals surface area contributed by atoms with Gasteiger partial charge in [0.05, 0.1) is 0 Å². The number of rotatable bonds is 5. The van der Waals surface area contributed by atoms with Crippen LogP contribution in [0, 0.1) is 0 Å². The molecule has 0 saturated carbocycles. The number of thiophene rings is 1. The van der Waals surface area contributed by atoms with E-state index >= 15 is 0 Å². The smallest absolute Gasteiger partial charge is 0.349 e. The molecule has 5 heteroatoms. The van der Waals surface area contributed by atoms with Gasteiger partial charge < -0.3 is 14.7 Å². The molecule has 1 aromatic heterocycles. The zero-order valence-corrected chi connectivity index (χ0v) is 11.6. The first-order valence-corrected chi connectivity index (χ1v) is 6.65. The van der Waals surface area contributed by atoms with Gasteiger partial charge in [0, 0.05) is 19.8 Å². The van der Waals surface area contributed by atoms with E-state index in [0.717, 1.165) is 11.3 Å². The Bertz CT molecular complexity index is 578. The number of ether oxygens (including phenoxy) is 1. The summed E-state index contributed by atoms with van der Waals surface area (Å²) in [6.45, 7) is 0.360. The molecule has 1 heterocycles. The van der Waals surface area contributed by atoms with Gasteiger partial charge in [-0.15, -0.1) is 11.3 Å². The largest absolute Gasteiger partial charge is 0.487 e. The van der Waals surface area contributed by atoms with E-state index in [1.807, 2.05) is 43.3 Å². The van der Waals surface area contributed by atoms with Crippen molar-refractivity contribution in [3.8, 4) is 5.75 Å². The van der Waals surface area contributed by atoms with Gasteiger partial charge in [0.15, 0.2) is 4.88 Å². The SMILES string of the molecule is CN(C)c1cccc(COc2ccsc2C(=O)O)c1. The Morgan fingerprint density at radius 1 is 1.37 bits per heavy atom. The summed E-state index contributed by atoms with van der Waals surface area (Å²) in [4.78, 5) is 13.2. The van der Waals surface area contributed by atoms with Crippen molar-refractivity contribution >= 4 is 23.0 Å². The van der Waals surface area contributed by atoms with Crippen molar-refractivity contribution in [2.75, 3.05) is 19.0 Å². The standard InChI is InChI=1S/C14H15NO3S/c1-15(2)11-5-3-4-10(8-11)9-18-12-6-7-19-13(12)14(16)17/h3-8H,9H2,1-2H3,(H,16,17). The number of carbonyl (C=O) groups is 1. The normalized spacial score (nSPS) is 10.2. The highest BCUT2D eigenvalue weighted by atomic mass is 32.1. The maximum absolute atomic E-state index is 11.0. The van der Waals surface area contributed by atoms with Crippen molar-refractivity contribution in [3.05, 3.63) is 46.2 Å². The average molecular weight is 277 g/mol.